The van der Waals surface area contributed by atoms with Crippen molar-refractivity contribution in [2.45, 2.75) is 51.1 Å². The van der Waals surface area contributed by atoms with Crippen molar-refractivity contribution in [2.75, 3.05) is 13.1 Å². The molecule has 1 aliphatic carbocycles. The highest BCUT2D eigenvalue weighted by Gasteiger charge is 2.57. The van der Waals surface area contributed by atoms with Gasteiger partial charge in [-0.2, -0.15) is 11.3 Å². The number of thiophene rings is 1. The summed E-state index contributed by atoms with van der Waals surface area (Å²) in [5.41, 5.74) is 2.91. The molecule has 2 heterocycles. The van der Waals surface area contributed by atoms with Gasteiger partial charge in [-0.15, -0.1) is 12.4 Å². The molecule has 1 N–H and O–H groups in total. The highest BCUT2D eigenvalue weighted by atomic mass is 35.5. The quantitative estimate of drug-likeness (QED) is 0.747. The molecule has 2 aliphatic rings. The number of hydrogen-bond donors (Lipinski definition) is 1. The number of halogens is 1. The van der Waals surface area contributed by atoms with Crippen LogP contribution in [0.4, 0.5) is 0 Å². The SMILES string of the molecule is CC(CC(=O)N(Cc1ccsc1)C1CC12CCNCC2)c1ccccc1.Cl. The molecule has 2 aromatic rings. The summed E-state index contributed by atoms with van der Waals surface area (Å²) in [6.45, 7) is 5.13. The van der Waals surface area contributed by atoms with Crippen molar-refractivity contribution >= 4 is 29.7 Å². The summed E-state index contributed by atoms with van der Waals surface area (Å²) in [5.74, 6) is 0.573. The predicted molar refractivity (Wildman–Crippen MR) is 115 cm³/mol. The molecule has 3 nitrogen and oxygen atoms in total. The van der Waals surface area contributed by atoms with Crippen LogP contribution in [0.5, 0.6) is 0 Å². The van der Waals surface area contributed by atoms with Crippen LogP contribution in [-0.4, -0.2) is 29.9 Å². The highest BCUT2D eigenvalue weighted by molar-refractivity contribution is 7.07. The van der Waals surface area contributed by atoms with Crippen LogP contribution in [0.2, 0.25) is 0 Å². The molecule has 1 spiro atoms. The van der Waals surface area contributed by atoms with Crippen LogP contribution >= 0.6 is 23.7 Å². The van der Waals surface area contributed by atoms with Crippen molar-refractivity contribution in [1.29, 1.82) is 0 Å². The van der Waals surface area contributed by atoms with Gasteiger partial charge in [-0.05, 0) is 71.6 Å². The number of rotatable bonds is 6. The van der Waals surface area contributed by atoms with Crippen LogP contribution in [0, 0.1) is 5.41 Å². The van der Waals surface area contributed by atoms with Gasteiger partial charge in [0.15, 0.2) is 0 Å². The fraction of sp³-hybridized carbons (Fsp3) is 0.500. The van der Waals surface area contributed by atoms with Gasteiger partial charge in [-0.3, -0.25) is 4.79 Å². The van der Waals surface area contributed by atoms with Crippen molar-refractivity contribution in [3.63, 3.8) is 0 Å². The lowest BCUT2D eigenvalue weighted by Gasteiger charge is -2.30. The average molecular weight is 405 g/mol. The molecule has 1 saturated carbocycles. The zero-order valence-corrected chi connectivity index (χ0v) is 17.5. The van der Waals surface area contributed by atoms with Crippen molar-refractivity contribution in [2.24, 2.45) is 5.41 Å². The van der Waals surface area contributed by atoms with Gasteiger partial charge >= 0.3 is 0 Å². The number of carbonyl (C=O) groups is 1. The molecule has 146 valence electrons. The van der Waals surface area contributed by atoms with Crippen molar-refractivity contribution in [1.82, 2.24) is 10.2 Å². The van der Waals surface area contributed by atoms with Gasteiger partial charge in [-0.1, -0.05) is 37.3 Å². The Labute approximate surface area is 172 Å². The monoisotopic (exact) mass is 404 g/mol. The number of nitrogens with one attached hydrogen (secondary N) is 1. The minimum Gasteiger partial charge on any atom is -0.335 e. The highest BCUT2D eigenvalue weighted by Crippen LogP contribution is 2.56. The largest absolute Gasteiger partial charge is 0.335 e. The Morgan fingerprint density at radius 2 is 2.00 bits per heavy atom. The maximum absolute atomic E-state index is 13.3. The molecule has 1 aromatic carbocycles. The maximum atomic E-state index is 13.3. The summed E-state index contributed by atoms with van der Waals surface area (Å²) in [4.78, 5) is 15.5. The van der Waals surface area contributed by atoms with Gasteiger partial charge < -0.3 is 10.2 Å². The summed E-state index contributed by atoms with van der Waals surface area (Å²) < 4.78 is 0. The Hall–Kier alpha value is -1.36. The van der Waals surface area contributed by atoms with E-state index in [9.17, 15) is 4.79 Å². The Kier molecular flexibility index (Phi) is 6.61. The lowest BCUT2D eigenvalue weighted by atomic mass is 9.93. The summed E-state index contributed by atoms with van der Waals surface area (Å²) in [6.07, 6.45) is 4.20. The summed E-state index contributed by atoms with van der Waals surface area (Å²) >= 11 is 1.72. The normalized spacial score (nSPS) is 21.3. The van der Waals surface area contributed by atoms with E-state index in [1.807, 2.05) is 6.07 Å². The Balaban J connectivity index is 0.00000210. The summed E-state index contributed by atoms with van der Waals surface area (Å²) in [7, 11) is 0. The number of benzene rings is 1. The molecule has 1 saturated heterocycles. The van der Waals surface area contributed by atoms with E-state index in [2.05, 4.69) is 58.2 Å². The molecule has 2 atom stereocenters. The molecule has 2 unspecified atom stereocenters. The molecule has 2 fully saturated rings. The Morgan fingerprint density at radius 3 is 2.67 bits per heavy atom. The summed E-state index contributed by atoms with van der Waals surface area (Å²) in [5, 5.41) is 7.75. The minimum atomic E-state index is 0. The fourth-order valence-corrected chi connectivity index (χ4v) is 5.12. The Morgan fingerprint density at radius 1 is 1.26 bits per heavy atom. The van der Waals surface area contributed by atoms with E-state index in [1.165, 1.54) is 30.4 Å². The van der Waals surface area contributed by atoms with Gasteiger partial charge in [0.25, 0.3) is 0 Å². The first-order valence-electron chi connectivity index (χ1n) is 9.74. The van der Waals surface area contributed by atoms with Gasteiger partial charge in [0.05, 0.1) is 0 Å². The second-order valence-corrected chi connectivity index (χ2v) is 8.78. The van der Waals surface area contributed by atoms with Crippen LogP contribution in [0.1, 0.15) is 49.7 Å². The molecule has 1 aliphatic heterocycles. The van der Waals surface area contributed by atoms with Gasteiger partial charge in [0.1, 0.15) is 0 Å². The molecule has 0 radical (unpaired) electrons. The average Bonchev–Trinajstić information content (AvgIpc) is 3.09. The number of piperidine rings is 1. The molecule has 27 heavy (non-hydrogen) atoms. The number of carbonyl (C=O) groups excluding carboxylic acids is 1. The van der Waals surface area contributed by atoms with E-state index in [4.69, 9.17) is 0 Å². The predicted octanol–water partition coefficient (Wildman–Crippen LogP) is 4.83. The molecule has 1 amide bonds. The van der Waals surface area contributed by atoms with Crippen molar-refractivity contribution in [3.05, 3.63) is 58.3 Å². The minimum absolute atomic E-state index is 0. The molecule has 1 aromatic heterocycles. The first kappa shape index (κ1) is 20.4. The van der Waals surface area contributed by atoms with E-state index >= 15 is 0 Å². The van der Waals surface area contributed by atoms with Crippen LogP contribution in [0.3, 0.4) is 0 Å². The number of nitrogens with zero attached hydrogens (tertiary/aromatic N) is 1. The second kappa shape index (κ2) is 8.76. The lowest BCUT2D eigenvalue weighted by molar-refractivity contribution is -0.133. The number of amides is 1. The van der Waals surface area contributed by atoms with E-state index in [1.54, 1.807) is 11.3 Å². The first-order valence-corrected chi connectivity index (χ1v) is 10.7. The molecular formula is C22H29ClN2OS. The van der Waals surface area contributed by atoms with Gasteiger partial charge in [0, 0.05) is 19.0 Å². The fourth-order valence-electron chi connectivity index (χ4n) is 4.46. The molecular weight excluding hydrogens is 376 g/mol. The van der Waals surface area contributed by atoms with Crippen LogP contribution in [0.15, 0.2) is 47.2 Å². The molecule has 4 rings (SSSR count). The van der Waals surface area contributed by atoms with Crippen LogP contribution in [0.25, 0.3) is 0 Å². The third-order valence-corrected chi connectivity index (χ3v) is 6.96. The number of hydrogen-bond acceptors (Lipinski definition) is 3. The van der Waals surface area contributed by atoms with E-state index < -0.39 is 0 Å². The lowest BCUT2D eigenvalue weighted by Crippen LogP contribution is -2.39. The zero-order chi connectivity index (χ0) is 18.0. The molecule has 5 heteroatoms. The van der Waals surface area contributed by atoms with E-state index in [-0.39, 0.29) is 18.3 Å². The smallest absolute Gasteiger partial charge is 0.223 e. The first-order chi connectivity index (χ1) is 12.7. The standard InChI is InChI=1S/C22H28N2OS.ClH/c1-17(19-5-3-2-4-6-19)13-21(25)24(15-18-7-12-26-16-18)20-14-22(20)8-10-23-11-9-22;/h2-7,12,16-17,20,23H,8-11,13-15H2,1H3;1H. The van der Waals surface area contributed by atoms with Crippen molar-refractivity contribution < 1.29 is 4.79 Å². The van der Waals surface area contributed by atoms with Crippen LogP contribution in [-0.2, 0) is 11.3 Å². The van der Waals surface area contributed by atoms with Gasteiger partial charge in [-0.25, -0.2) is 0 Å². The zero-order valence-electron chi connectivity index (χ0n) is 15.9. The van der Waals surface area contributed by atoms with E-state index in [0.29, 0.717) is 23.8 Å². The topological polar surface area (TPSA) is 32.3 Å². The van der Waals surface area contributed by atoms with E-state index in [0.717, 1.165) is 19.6 Å². The maximum Gasteiger partial charge on any atom is 0.223 e. The Bertz CT molecular complexity index is 728. The third-order valence-electron chi connectivity index (χ3n) is 6.22. The van der Waals surface area contributed by atoms with Crippen LogP contribution < -0.4 is 5.32 Å². The summed E-state index contributed by atoms with van der Waals surface area (Å²) in [6, 6.07) is 13.0. The third kappa shape index (κ3) is 4.56. The van der Waals surface area contributed by atoms with Crippen molar-refractivity contribution in [3.8, 4) is 0 Å². The molecule has 0 bridgehead atoms. The second-order valence-electron chi connectivity index (χ2n) is 8.00. The van der Waals surface area contributed by atoms with Gasteiger partial charge in [0.2, 0.25) is 5.91 Å².